The van der Waals surface area contributed by atoms with E-state index >= 15 is 0 Å². The quantitative estimate of drug-likeness (QED) is 0.810. The lowest BCUT2D eigenvalue weighted by atomic mass is 10.0. The molecule has 1 aliphatic heterocycles. The fraction of sp³-hybridized carbons (Fsp3) is 0.450. The highest BCUT2D eigenvalue weighted by Crippen LogP contribution is 2.20. The highest BCUT2D eigenvalue weighted by Gasteiger charge is 2.34. The van der Waals surface area contributed by atoms with Crippen LogP contribution in [0, 0.1) is 0 Å². The van der Waals surface area contributed by atoms with E-state index in [0.29, 0.717) is 11.8 Å². The Morgan fingerprint density at radius 2 is 1.84 bits per heavy atom. The summed E-state index contributed by atoms with van der Waals surface area (Å²) < 4.78 is 5.27. The number of piperazine rings is 1. The van der Waals surface area contributed by atoms with Crippen LogP contribution in [0.1, 0.15) is 36.4 Å². The molecule has 4 nitrogen and oxygen atoms in total. The largest absolute Gasteiger partial charge is 0.459 e. The average Bonchev–Trinajstić information content (AvgIpc) is 3.14. The van der Waals surface area contributed by atoms with Crippen molar-refractivity contribution >= 4 is 18.3 Å². The Labute approximate surface area is 156 Å². The Hall–Kier alpha value is -1.78. The maximum Gasteiger partial charge on any atom is 0.289 e. The topological polar surface area (TPSA) is 36.7 Å². The van der Waals surface area contributed by atoms with Gasteiger partial charge in [0.2, 0.25) is 0 Å². The Balaban J connectivity index is 0.00000225. The second-order valence-electron chi connectivity index (χ2n) is 6.58. The molecule has 1 amide bonds. The molecule has 0 N–H and O–H groups in total. The van der Waals surface area contributed by atoms with Crippen molar-refractivity contribution in [3.63, 3.8) is 0 Å². The smallest absolute Gasteiger partial charge is 0.289 e. The standard InChI is InChI=1S/C20H26N2O2.ClH/c1-16-17(2)22(20(23)19-11-7-15-24-19)14-13-21(16)12-6-10-18-8-4-3-5-9-18;/h3-5,7-9,11,15-17H,6,10,12-14H2,1-2H3;1H/t16-,17+;/m0./s1. The third-order valence-electron chi connectivity index (χ3n) is 5.14. The van der Waals surface area contributed by atoms with Crippen LogP contribution in [0.2, 0.25) is 0 Å². The number of carbonyl (C=O) groups excluding carboxylic acids is 1. The van der Waals surface area contributed by atoms with Crippen molar-refractivity contribution in [1.82, 2.24) is 9.80 Å². The van der Waals surface area contributed by atoms with E-state index in [4.69, 9.17) is 4.42 Å². The Morgan fingerprint density at radius 3 is 2.52 bits per heavy atom. The lowest BCUT2D eigenvalue weighted by Crippen LogP contribution is -2.58. The lowest BCUT2D eigenvalue weighted by molar-refractivity contribution is 0.0253. The normalized spacial score (nSPS) is 21.0. The van der Waals surface area contributed by atoms with Crippen LogP contribution < -0.4 is 0 Å². The molecule has 0 radical (unpaired) electrons. The van der Waals surface area contributed by atoms with E-state index in [9.17, 15) is 4.79 Å². The van der Waals surface area contributed by atoms with Gasteiger partial charge in [-0.15, -0.1) is 12.4 Å². The zero-order chi connectivity index (χ0) is 16.9. The van der Waals surface area contributed by atoms with Crippen LogP contribution in [0.3, 0.4) is 0 Å². The van der Waals surface area contributed by atoms with Gasteiger partial charge in [-0.3, -0.25) is 9.69 Å². The fourth-order valence-corrected chi connectivity index (χ4v) is 3.48. The van der Waals surface area contributed by atoms with Gasteiger partial charge in [-0.1, -0.05) is 30.3 Å². The number of rotatable bonds is 5. The van der Waals surface area contributed by atoms with Crippen LogP contribution in [0.5, 0.6) is 0 Å². The van der Waals surface area contributed by atoms with Gasteiger partial charge in [-0.2, -0.15) is 0 Å². The van der Waals surface area contributed by atoms with Crippen LogP contribution in [-0.2, 0) is 6.42 Å². The van der Waals surface area contributed by atoms with E-state index in [1.54, 1.807) is 18.4 Å². The number of halogens is 1. The molecule has 1 aromatic heterocycles. The molecule has 2 aromatic rings. The van der Waals surface area contributed by atoms with Crippen LogP contribution in [-0.4, -0.2) is 47.4 Å². The van der Waals surface area contributed by atoms with Crippen LogP contribution in [0.15, 0.2) is 53.1 Å². The number of hydrogen-bond donors (Lipinski definition) is 0. The van der Waals surface area contributed by atoms with Crippen molar-refractivity contribution in [3.8, 4) is 0 Å². The third-order valence-corrected chi connectivity index (χ3v) is 5.14. The molecule has 0 saturated carbocycles. The molecule has 1 fully saturated rings. The van der Waals surface area contributed by atoms with E-state index in [1.165, 1.54) is 5.56 Å². The molecule has 2 heterocycles. The molecule has 2 atom stereocenters. The molecule has 1 aliphatic rings. The number of amides is 1. The fourth-order valence-electron chi connectivity index (χ4n) is 3.48. The van der Waals surface area contributed by atoms with E-state index < -0.39 is 0 Å². The molecule has 136 valence electrons. The summed E-state index contributed by atoms with van der Waals surface area (Å²) in [5, 5.41) is 0. The predicted molar refractivity (Wildman–Crippen MR) is 102 cm³/mol. The van der Waals surface area contributed by atoms with Crippen molar-refractivity contribution < 1.29 is 9.21 Å². The highest BCUT2D eigenvalue weighted by molar-refractivity contribution is 5.91. The molecule has 0 aliphatic carbocycles. The van der Waals surface area contributed by atoms with Crippen LogP contribution >= 0.6 is 12.4 Å². The first-order chi connectivity index (χ1) is 11.7. The molecular weight excluding hydrogens is 336 g/mol. The van der Waals surface area contributed by atoms with Crippen molar-refractivity contribution in [1.29, 1.82) is 0 Å². The third kappa shape index (κ3) is 4.65. The first-order valence-electron chi connectivity index (χ1n) is 8.79. The average molecular weight is 363 g/mol. The summed E-state index contributed by atoms with van der Waals surface area (Å²) >= 11 is 0. The van der Waals surface area contributed by atoms with Gasteiger partial charge >= 0.3 is 0 Å². The maximum absolute atomic E-state index is 12.5. The second kappa shape index (κ2) is 9.07. The summed E-state index contributed by atoms with van der Waals surface area (Å²) in [5.74, 6) is 0.440. The summed E-state index contributed by atoms with van der Waals surface area (Å²) in [6.07, 6.45) is 3.81. The maximum atomic E-state index is 12.5. The number of furan rings is 1. The minimum atomic E-state index is 0. The highest BCUT2D eigenvalue weighted by atomic mass is 35.5. The molecule has 0 unspecified atom stereocenters. The van der Waals surface area contributed by atoms with Gasteiger partial charge in [0.15, 0.2) is 5.76 Å². The molecule has 0 spiro atoms. The SMILES string of the molecule is C[C@@H]1[C@H](C)N(CCCc2ccccc2)CCN1C(=O)c1ccco1.Cl. The lowest BCUT2D eigenvalue weighted by Gasteiger charge is -2.44. The summed E-state index contributed by atoms with van der Waals surface area (Å²) in [7, 11) is 0. The number of nitrogens with zero attached hydrogens (tertiary/aromatic N) is 2. The number of aryl methyl sites for hydroxylation is 1. The number of carbonyl (C=O) groups is 1. The summed E-state index contributed by atoms with van der Waals surface area (Å²) in [5.41, 5.74) is 1.39. The summed E-state index contributed by atoms with van der Waals surface area (Å²) in [6, 6.07) is 14.7. The van der Waals surface area contributed by atoms with Gasteiger partial charge in [-0.05, 0) is 50.9 Å². The van der Waals surface area contributed by atoms with Crippen molar-refractivity contribution in [2.24, 2.45) is 0 Å². The second-order valence-corrected chi connectivity index (χ2v) is 6.58. The first kappa shape index (κ1) is 19.5. The predicted octanol–water partition coefficient (Wildman–Crippen LogP) is 3.87. The molecule has 1 saturated heterocycles. The van der Waals surface area contributed by atoms with Gasteiger partial charge in [0.05, 0.1) is 6.26 Å². The van der Waals surface area contributed by atoms with E-state index in [2.05, 4.69) is 49.1 Å². The van der Waals surface area contributed by atoms with E-state index in [-0.39, 0.29) is 24.4 Å². The number of benzene rings is 1. The van der Waals surface area contributed by atoms with Crippen LogP contribution in [0.4, 0.5) is 0 Å². The first-order valence-corrected chi connectivity index (χ1v) is 8.79. The van der Waals surface area contributed by atoms with Crippen molar-refractivity contribution in [2.75, 3.05) is 19.6 Å². The van der Waals surface area contributed by atoms with E-state index in [0.717, 1.165) is 32.5 Å². The van der Waals surface area contributed by atoms with Gasteiger partial charge < -0.3 is 9.32 Å². The Kier molecular flexibility index (Phi) is 7.09. The zero-order valence-electron chi connectivity index (χ0n) is 14.9. The molecule has 5 heteroatoms. The zero-order valence-corrected chi connectivity index (χ0v) is 15.7. The van der Waals surface area contributed by atoms with Gasteiger partial charge in [0.1, 0.15) is 0 Å². The van der Waals surface area contributed by atoms with Gasteiger partial charge in [-0.25, -0.2) is 0 Å². The van der Waals surface area contributed by atoms with Crippen LogP contribution in [0.25, 0.3) is 0 Å². The van der Waals surface area contributed by atoms with E-state index in [1.807, 2.05) is 4.90 Å². The monoisotopic (exact) mass is 362 g/mol. The number of hydrogen-bond acceptors (Lipinski definition) is 3. The molecular formula is C20H27ClN2O2. The molecule has 3 rings (SSSR count). The van der Waals surface area contributed by atoms with Gasteiger partial charge in [0, 0.05) is 25.2 Å². The Bertz CT molecular complexity index is 645. The minimum absolute atomic E-state index is 0. The molecule has 1 aromatic carbocycles. The molecule has 25 heavy (non-hydrogen) atoms. The van der Waals surface area contributed by atoms with Gasteiger partial charge in [0.25, 0.3) is 5.91 Å². The summed E-state index contributed by atoms with van der Waals surface area (Å²) in [4.78, 5) is 17.0. The summed E-state index contributed by atoms with van der Waals surface area (Å²) in [6.45, 7) is 7.11. The minimum Gasteiger partial charge on any atom is -0.459 e. The van der Waals surface area contributed by atoms with Crippen molar-refractivity contribution in [3.05, 3.63) is 60.1 Å². The Morgan fingerprint density at radius 1 is 1.08 bits per heavy atom. The molecule has 0 bridgehead atoms. The van der Waals surface area contributed by atoms with Crippen molar-refractivity contribution in [2.45, 2.75) is 38.8 Å².